The molecule has 0 saturated carbocycles. The Kier molecular flexibility index (Phi) is 6.39. The summed E-state index contributed by atoms with van der Waals surface area (Å²) in [5.74, 6) is 1.05. The molecule has 5 nitrogen and oxygen atoms in total. The third kappa shape index (κ3) is 4.44. The smallest absolute Gasteiger partial charge is 0.315 e. The zero-order valence-corrected chi connectivity index (χ0v) is 14.1. The van der Waals surface area contributed by atoms with Crippen molar-refractivity contribution >= 4 is 17.8 Å². The van der Waals surface area contributed by atoms with E-state index in [-0.39, 0.29) is 18.1 Å². The second kappa shape index (κ2) is 7.57. The van der Waals surface area contributed by atoms with Gasteiger partial charge in [-0.1, -0.05) is 0 Å². The fraction of sp³-hybridized carbons (Fsp3) is 0.714. The van der Waals surface area contributed by atoms with Crippen LogP contribution >= 0.6 is 11.8 Å². The van der Waals surface area contributed by atoms with E-state index in [0.29, 0.717) is 0 Å². The lowest BCUT2D eigenvalue weighted by Gasteiger charge is -2.18. The van der Waals surface area contributed by atoms with Gasteiger partial charge in [-0.2, -0.15) is 16.9 Å². The summed E-state index contributed by atoms with van der Waals surface area (Å²) in [4.78, 5) is 12.0. The summed E-state index contributed by atoms with van der Waals surface area (Å²) in [7, 11) is 1.92. The molecule has 1 rings (SSSR count). The summed E-state index contributed by atoms with van der Waals surface area (Å²) in [5, 5.41) is 10.3. The van der Waals surface area contributed by atoms with Gasteiger partial charge in [-0.15, -0.1) is 0 Å². The molecular weight excluding hydrogens is 272 g/mol. The third-order valence-electron chi connectivity index (χ3n) is 3.48. The lowest BCUT2D eigenvalue weighted by atomic mass is 10.1. The van der Waals surface area contributed by atoms with E-state index < -0.39 is 0 Å². The van der Waals surface area contributed by atoms with Gasteiger partial charge in [0, 0.05) is 24.3 Å². The molecule has 0 spiro atoms. The van der Waals surface area contributed by atoms with Crippen LogP contribution in [0.5, 0.6) is 0 Å². The maximum atomic E-state index is 12.0. The van der Waals surface area contributed by atoms with Crippen LogP contribution in [0.4, 0.5) is 4.79 Å². The SMILES string of the molecule is CSCC[C@@H](C)NC(=O)N[C@@H](C)c1c(C)nn(C)c1C. The van der Waals surface area contributed by atoms with Crippen LogP contribution in [0.15, 0.2) is 0 Å². The molecular formula is C14H26N4OS. The maximum absolute atomic E-state index is 12.0. The monoisotopic (exact) mass is 298 g/mol. The lowest BCUT2D eigenvalue weighted by Crippen LogP contribution is -2.42. The Morgan fingerprint density at radius 3 is 2.50 bits per heavy atom. The number of nitrogens with zero attached hydrogens (tertiary/aromatic N) is 2. The van der Waals surface area contributed by atoms with Crippen molar-refractivity contribution in [3.63, 3.8) is 0 Å². The summed E-state index contributed by atoms with van der Waals surface area (Å²) in [5.41, 5.74) is 3.15. The van der Waals surface area contributed by atoms with Gasteiger partial charge >= 0.3 is 6.03 Å². The van der Waals surface area contributed by atoms with E-state index in [1.54, 1.807) is 11.8 Å². The first-order chi connectivity index (χ1) is 9.36. The van der Waals surface area contributed by atoms with Crippen LogP contribution in [-0.2, 0) is 7.05 Å². The molecule has 0 aliphatic carbocycles. The van der Waals surface area contributed by atoms with Crippen molar-refractivity contribution in [1.29, 1.82) is 0 Å². The van der Waals surface area contributed by atoms with E-state index in [2.05, 4.69) is 22.0 Å². The van der Waals surface area contributed by atoms with Gasteiger partial charge in [-0.05, 0) is 46.1 Å². The van der Waals surface area contributed by atoms with Gasteiger partial charge in [0.2, 0.25) is 0 Å². The molecule has 0 saturated heterocycles. The standard InChI is InChI=1S/C14H26N4OS/c1-9(7-8-20-6)15-14(19)16-10(2)13-11(3)17-18(5)12(13)4/h9-10H,7-8H2,1-6H3,(H2,15,16,19)/t9-,10+/m1/s1. The minimum atomic E-state index is -0.117. The van der Waals surface area contributed by atoms with Crippen molar-refractivity contribution in [2.75, 3.05) is 12.0 Å². The van der Waals surface area contributed by atoms with E-state index in [0.717, 1.165) is 29.1 Å². The molecule has 1 aromatic heterocycles. The highest BCUT2D eigenvalue weighted by Gasteiger charge is 2.18. The van der Waals surface area contributed by atoms with Crippen molar-refractivity contribution in [3.8, 4) is 0 Å². The Labute approximate surface area is 125 Å². The van der Waals surface area contributed by atoms with Crippen LogP contribution in [0.25, 0.3) is 0 Å². The molecule has 0 unspecified atom stereocenters. The van der Waals surface area contributed by atoms with Gasteiger partial charge in [0.1, 0.15) is 0 Å². The van der Waals surface area contributed by atoms with Gasteiger partial charge < -0.3 is 10.6 Å². The number of amides is 2. The van der Waals surface area contributed by atoms with E-state index in [1.165, 1.54) is 0 Å². The molecule has 0 bridgehead atoms. The van der Waals surface area contributed by atoms with E-state index in [1.807, 2.05) is 39.4 Å². The van der Waals surface area contributed by atoms with E-state index in [4.69, 9.17) is 0 Å². The molecule has 1 heterocycles. The number of carbonyl (C=O) groups excluding carboxylic acids is 1. The Balaban J connectivity index is 2.57. The van der Waals surface area contributed by atoms with Crippen molar-refractivity contribution in [1.82, 2.24) is 20.4 Å². The fourth-order valence-corrected chi connectivity index (χ4v) is 2.91. The maximum Gasteiger partial charge on any atom is 0.315 e. The number of aryl methyl sites for hydroxylation is 2. The van der Waals surface area contributed by atoms with Crippen LogP contribution < -0.4 is 10.6 Å². The largest absolute Gasteiger partial charge is 0.336 e. The first-order valence-corrected chi connectivity index (χ1v) is 8.32. The number of hydrogen-bond acceptors (Lipinski definition) is 3. The Morgan fingerprint density at radius 2 is 2.00 bits per heavy atom. The highest BCUT2D eigenvalue weighted by atomic mass is 32.2. The molecule has 0 fully saturated rings. The van der Waals surface area contributed by atoms with Gasteiger partial charge in [0.15, 0.2) is 0 Å². The number of rotatable bonds is 6. The van der Waals surface area contributed by atoms with Gasteiger partial charge in [0.05, 0.1) is 11.7 Å². The van der Waals surface area contributed by atoms with Crippen LogP contribution in [0.1, 0.15) is 43.3 Å². The van der Waals surface area contributed by atoms with Crippen LogP contribution in [-0.4, -0.2) is 33.9 Å². The molecule has 2 amide bonds. The zero-order chi connectivity index (χ0) is 15.3. The third-order valence-corrected chi connectivity index (χ3v) is 4.12. The molecule has 114 valence electrons. The summed E-state index contributed by atoms with van der Waals surface area (Å²) in [6.45, 7) is 8.01. The van der Waals surface area contributed by atoms with E-state index >= 15 is 0 Å². The van der Waals surface area contributed by atoms with Crippen molar-refractivity contribution < 1.29 is 4.79 Å². The zero-order valence-electron chi connectivity index (χ0n) is 13.3. The molecule has 6 heteroatoms. The lowest BCUT2D eigenvalue weighted by molar-refractivity contribution is 0.234. The number of urea groups is 1. The number of aromatic nitrogens is 2. The predicted molar refractivity (Wildman–Crippen MR) is 85.2 cm³/mol. The molecule has 0 aliphatic heterocycles. The summed E-state index contributed by atoms with van der Waals surface area (Å²) < 4.78 is 1.85. The fourth-order valence-electron chi connectivity index (χ4n) is 2.32. The summed E-state index contributed by atoms with van der Waals surface area (Å²) >= 11 is 1.79. The molecule has 2 N–H and O–H groups in total. The quantitative estimate of drug-likeness (QED) is 0.848. The Bertz CT molecular complexity index is 458. The minimum absolute atomic E-state index is 0.0450. The van der Waals surface area contributed by atoms with Gasteiger partial charge in [-0.25, -0.2) is 4.79 Å². The van der Waals surface area contributed by atoms with Crippen LogP contribution in [0.2, 0.25) is 0 Å². The molecule has 1 aromatic rings. The number of nitrogens with one attached hydrogen (secondary N) is 2. The minimum Gasteiger partial charge on any atom is -0.336 e. The average molecular weight is 298 g/mol. The second-order valence-electron chi connectivity index (χ2n) is 5.23. The first-order valence-electron chi connectivity index (χ1n) is 6.92. The average Bonchev–Trinajstić information content (AvgIpc) is 2.60. The Hall–Kier alpha value is -1.17. The number of carbonyl (C=O) groups is 1. The van der Waals surface area contributed by atoms with Crippen molar-refractivity contribution in [2.45, 2.75) is 46.2 Å². The van der Waals surface area contributed by atoms with Gasteiger partial charge in [0.25, 0.3) is 0 Å². The molecule has 0 aliphatic rings. The van der Waals surface area contributed by atoms with Crippen molar-refractivity contribution in [2.24, 2.45) is 7.05 Å². The van der Waals surface area contributed by atoms with Gasteiger partial charge in [-0.3, -0.25) is 4.68 Å². The highest BCUT2D eigenvalue weighted by Crippen LogP contribution is 2.20. The topological polar surface area (TPSA) is 59.0 Å². The molecule has 2 atom stereocenters. The molecule has 0 aromatic carbocycles. The van der Waals surface area contributed by atoms with Crippen LogP contribution in [0.3, 0.4) is 0 Å². The Morgan fingerprint density at radius 1 is 1.35 bits per heavy atom. The van der Waals surface area contributed by atoms with Crippen LogP contribution in [0, 0.1) is 13.8 Å². The summed E-state index contributed by atoms with van der Waals surface area (Å²) in [6.07, 6.45) is 3.05. The van der Waals surface area contributed by atoms with Crippen molar-refractivity contribution in [3.05, 3.63) is 17.0 Å². The molecule has 20 heavy (non-hydrogen) atoms. The first kappa shape index (κ1) is 16.9. The normalized spacial score (nSPS) is 13.9. The molecule has 0 radical (unpaired) electrons. The summed E-state index contributed by atoms with van der Waals surface area (Å²) in [6, 6.07) is 0.0240. The number of hydrogen-bond donors (Lipinski definition) is 2. The second-order valence-corrected chi connectivity index (χ2v) is 6.22. The number of thioether (sulfide) groups is 1. The predicted octanol–water partition coefficient (Wildman–Crippen LogP) is 2.54. The highest BCUT2D eigenvalue weighted by molar-refractivity contribution is 7.98. The van der Waals surface area contributed by atoms with E-state index in [9.17, 15) is 4.79 Å².